The third kappa shape index (κ3) is 3.73. The Hall–Kier alpha value is -3.79. The van der Waals surface area contributed by atoms with Crippen molar-refractivity contribution in [1.82, 2.24) is 29.6 Å². The summed E-state index contributed by atoms with van der Waals surface area (Å²) in [5.41, 5.74) is 2.90. The highest BCUT2D eigenvalue weighted by molar-refractivity contribution is 6.02. The number of oxazole rings is 1. The number of fused-ring (bicyclic) bond motifs is 1. The van der Waals surface area contributed by atoms with Crippen LogP contribution in [0.25, 0.3) is 22.0 Å². The number of rotatable bonds is 5. The van der Waals surface area contributed by atoms with Gasteiger partial charge in [-0.1, -0.05) is 12.1 Å². The second-order valence-electron chi connectivity index (χ2n) is 7.86. The fourth-order valence-corrected chi connectivity index (χ4v) is 3.45. The van der Waals surface area contributed by atoms with E-state index in [0.717, 1.165) is 35.1 Å². The largest absolute Gasteiger partial charge is 0.431 e. The minimum Gasteiger partial charge on any atom is -0.431 e. The third-order valence-electron chi connectivity index (χ3n) is 5.43. The van der Waals surface area contributed by atoms with Crippen molar-refractivity contribution in [2.75, 3.05) is 37.4 Å². The lowest BCUT2D eigenvalue weighted by Crippen LogP contribution is -2.57. The first-order valence-corrected chi connectivity index (χ1v) is 9.90. The molecule has 5 rings (SSSR count). The number of anilines is 2. The van der Waals surface area contributed by atoms with Crippen LogP contribution in [0.4, 0.5) is 12.0 Å². The molecule has 3 aromatic heterocycles. The minimum absolute atomic E-state index is 0.191. The molecular weight excluding hydrogens is 396 g/mol. The number of hydrogen-bond donors (Lipinski definition) is 1. The van der Waals surface area contributed by atoms with E-state index in [2.05, 4.69) is 30.3 Å². The van der Waals surface area contributed by atoms with Gasteiger partial charge in [-0.3, -0.25) is 14.8 Å². The molecule has 4 aromatic rings. The summed E-state index contributed by atoms with van der Waals surface area (Å²) >= 11 is 0. The maximum absolute atomic E-state index is 12.6. The molecule has 0 aliphatic carbocycles. The molecule has 1 saturated heterocycles. The van der Waals surface area contributed by atoms with Gasteiger partial charge >= 0.3 is 0 Å². The summed E-state index contributed by atoms with van der Waals surface area (Å²) in [7, 11) is 5.96. The zero-order valence-corrected chi connectivity index (χ0v) is 17.5. The average Bonchev–Trinajstić information content (AvgIpc) is 3.35. The fourth-order valence-electron chi connectivity index (χ4n) is 3.45. The number of carbonyl (C=O) groups excluding carboxylic acids is 1. The lowest BCUT2D eigenvalue weighted by Gasteiger charge is -2.41. The molecular formula is C21H22N8O2. The van der Waals surface area contributed by atoms with Crippen LogP contribution in [0.2, 0.25) is 0 Å². The molecule has 1 N–H and O–H groups in total. The van der Waals surface area contributed by atoms with E-state index in [-0.39, 0.29) is 11.6 Å². The summed E-state index contributed by atoms with van der Waals surface area (Å²) in [5, 5.41) is 7.79. The van der Waals surface area contributed by atoms with Gasteiger partial charge < -0.3 is 14.2 Å². The summed E-state index contributed by atoms with van der Waals surface area (Å²) < 4.78 is 7.23. The molecule has 158 valence electrons. The molecule has 4 heterocycles. The Morgan fingerprint density at radius 1 is 1.19 bits per heavy atom. The van der Waals surface area contributed by atoms with E-state index in [0.29, 0.717) is 12.1 Å². The number of amides is 1. The van der Waals surface area contributed by atoms with Crippen LogP contribution in [0, 0.1) is 0 Å². The van der Waals surface area contributed by atoms with Gasteiger partial charge in [-0.25, -0.2) is 9.97 Å². The number of aromatic nitrogens is 5. The second-order valence-corrected chi connectivity index (χ2v) is 7.86. The van der Waals surface area contributed by atoms with E-state index in [1.807, 2.05) is 50.4 Å². The first kappa shape index (κ1) is 19.2. The van der Waals surface area contributed by atoms with Crippen LogP contribution in [0.3, 0.4) is 0 Å². The predicted molar refractivity (Wildman–Crippen MR) is 116 cm³/mol. The average molecular weight is 418 g/mol. The van der Waals surface area contributed by atoms with Crippen molar-refractivity contribution in [1.29, 1.82) is 0 Å². The van der Waals surface area contributed by atoms with Crippen molar-refractivity contribution in [2.45, 2.75) is 6.04 Å². The Balaban J connectivity index is 1.31. The number of benzene rings is 1. The second kappa shape index (κ2) is 7.47. The van der Waals surface area contributed by atoms with Crippen LogP contribution in [0.15, 0.2) is 47.5 Å². The van der Waals surface area contributed by atoms with Crippen LogP contribution >= 0.6 is 0 Å². The fraction of sp³-hybridized carbons (Fsp3) is 0.286. The van der Waals surface area contributed by atoms with Crippen LogP contribution < -0.4 is 10.2 Å². The molecule has 0 atom stereocenters. The van der Waals surface area contributed by atoms with Crippen LogP contribution in [0.1, 0.15) is 10.5 Å². The topological polar surface area (TPSA) is 105 Å². The number of likely N-dealkylation sites (N-methyl/N-ethyl adjacent to an activating group) is 1. The van der Waals surface area contributed by atoms with Gasteiger partial charge in [0.1, 0.15) is 6.26 Å². The van der Waals surface area contributed by atoms with E-state index < -0.39 is 5.91 Å². The summed E-state index contributed by atoms with van der Waals surface area (Å²) in [5.74, 6) is -0.204. The SMILES string of the molecule is CN(C)C1CN(c2nc(C(=O)Nc3ncc4ccc(-c5cnn(C)c5)cc4n3)co2)C1. The molecule has 0 radical (unpaired) electrons. The van der Waals surface area contributed by atoms with Gasteiger partial charge in [0.25, 0.3) is 11.9 Å². The Morgan fingerprint density at radius 3 is 2.77 bits per heavy atom. The molecule has 10 heteroatoms. The van der Waals surface area contributed by atoms with Crippen molar-refractivity contribution in [2.24, 2.45) is 7.05 Å². The van der Waals surface area contributed by atoms with E-state index in [1.165, 1.54) is 6.26 Å². The molecule has 0 unspecified atom stereocenters. The zero-order valence-electron chi connectivity index (χ0n) is 17.5. The zero-order chi connectivity index (χ0) is 21.5. The van der Waals surface area contributed by atoms with Crippen LogP contribution in [-0.2, 0) is 7.05 Å². The lowest BCUT2D eigenvalue weighted by molar-refractivity contribution is 0.102. The summed E-state index contributed by atoms with van der Waals surface area (Å²) in [6.45, 7) is 1.64. The highest BCUT2D eigenvalue weighted by Crippen LogP contribution is 2.24. The number of nitrogens with zero attached hydrogens (tertiary/aromatic N) is 7. The van der Waals surface area contributed by atoms with E-state index in [1.54, 1.807) is 17.1 Å². The van der Waals surface area contributed by atoms with Gasteiger partial charge in [0.15, 0.2) is 5.69 Å². The van der Waals surface area contributed by atoms with Gasteiger partial charge in [0, 0.05) is 49.5 Å². The predicted octanol–water partition coefficient (Wildman–Crippen LogP) is 2.02. The molecule has 10 nitrogen and oxygen atoms in total. The van der Waals surface area contributed by atoms with Gasteiger partial charge in [0.2, 0.25) is 5.95 Å². The highest BCUT2D eigenvalue weighted by atomic mass is 16.4. The first-order chi connectivity index (χ1) is 15.0. The minimum atomic E-state index is -0.414. The first-order valence-electron chi connectivity index (χ1n) is 9.90. The van der Waals surface area contributed by atoms with E-state index in [9.17, 15) is 4.79 Å². The summed E-state index contributed by atoms with van der Waals surface area (Å²) in [4.78, 5) is 29.8. The monoisotopic (exact) mass is 418 g/mol. The molecule has 0 bridgehead atoms. The Labute approximate surface area is 178 Å². The Bertz CT molecular complexity index is 1260. The summed E-state index contributed by atoms with van der Waals surface area (Å²) in [6.07, 6.45) is 6.77. The van der Waals surface area contributed by atoms with Gasteiger partial charge in [-0.15, -0.1) is 0 Å². The smallest absolute Gasteiger partial charge is 0.298 e. The Morgan fingerprint density at radius 2 is 2.03 bits per heavy atom. The van der Waals surface area contributed by atoms with E-state index in [4.69, 9.17) is 4.42 Å². The van der Waals surface area contributed by atoms with E-state index >= 15 is 0 Å². The molecule has 1 amide bonds. The van der Waals surface area contributed by atoms with Crippen molar-refractivity contribution < 1.29 is 9.21 Å². The number of aryl methyl sites for hydroxylation is 1. The van der Waals surface area contributed by atoms with Crippen molar-refractivity contribution in [3.63, 3.8) is 0 Å². The summed E-state index contributed by atoms with van der Waals surface area (Å²) in [6, 6.07) is 6.80. The third-order valence-corrected chi connectivity index (χ3v) is 5.43. The van der Waals surface area contributed by atoms with Crippen molar-refractivity contribution >= 4 is 28.8 Å². The maximum atomic E-state index is 12.6. The standard InChI is InChI=1S/C21H22N8O2/c1-27(2)16-10-29(11-16)21-25-18(12-31-21)19(30)26-20-22-7-14-5-4-13(6-17(14)24-20)15-8-23-28(3)9-15/h4-9,12,16H,10-11H2,1-3H3,(H,22,24,26,30). The van der Waals surface area contributed by atoms with Gasteiger partial charge in [0.05, 0.1) is 11.7 Å². The molecule has 1 fully saturated rings. The Kier molecular flexibility index (Phi) is 4.63. The maximum Gasteiger partial charge on any atom is 0.298 e. The van der Waals surface area contributed by atoms with Crippen LogP contribution in [0.5, 0.6) is 0 Å². The quantitative estimate of drug-likeness (QED) is 0.525. The molecule has 31 heavy (non-hydrogen) atoms. The number of nitrogens with one attached hydrogen (secondary N) is 1. The number of hydrogen-bond acceptors (Lipinski definition) is 8. The van der Waals surface area contributed by atoms with Crippen molar-refractivity contribution in [3.05, 3.63) is 48.7 Å². The van der Waals surface area contributed by atoms with Gasteiger partial charge in [-0.2, -0.15) is 10.1 Å². The lowest BCUT2D eigenvalue weighted by atomic mass is 10.1. The highest BCUT2D eigenvalue weighted by Gasteiger charge is 2.31. The molecule has 0 saturated carbocycles. The molecule has 1 aliphatic heterocycles. The molecule has 1 aromatic carbocycles. The van der Waals surface area contributed by atoms with Crippen molar-refractivity contribution in [3.8, 4) is 11.1 Å². The van der Waals surface area contributed by atoms with Crippen LogP contribution in [-0.4, -0.2) is 68.8 Å². The normalized spacial score (nSPS) is 14.3. The molecule has 1 aliphatic rings. The number of carbonyl (C=O) groups is 1. The molecule has 0 spiro atoms. The van der Waals surface area contributed by atoms with Gasteiger partial charge in [-0.05, 0) is 25.7 Å².